The number of aromatic nitrogens is 4. The van der Waals surface area contributed by atoms with Gasteiger partial charge in [0.2, 0.25) is 18.6 Å². The molecule has 0 saturated carbocycles. The van der Waals surface area contributed by atoms with Crippen molar-refractivity contribution in [1.29, 1.82) is 0 Å². The highest BCUT2D eigenvalue weighted by Gasteiger charge is 2.22. The Morgan fingerprint density at radius 3 is 2.79 bits per heavy atom. The molecule has 11 heteroatoms. The van der Waals surface area contributed by atoms with Gasteiger partial charge in [-0.2, -0.15) is 9.97 Å². The number of hydrogen-bond acceptors (Lipinski definition) is 8. The van der Waals surface area contributed by atoms with E-state index in [2.05, 4.69) is 15.2 Å². The zero-order valence-corrected chi connectivity index (χ0v) is 21.1. The van der Waals surface area contributed by atoms with Gasteiger partial charge in [0.15, 0.2) is 28.5 Å². The Labute approximate surface area is 219 Å². The highest BCUT2D eigenvalue weighted by atomic mass is 19.1. The third kappa shape index (κ3) is 4.91. The number of benzene rings is 2. The molecule has 1 fully saturated rings. The lowest BCUT2D eigenvalue weighted by Gasteiger charge is -2.22. The van der Waals surface area contributed by atoms with E-state index in [1.54, 1.807) is 19.3 Å². The summed E-state index contributed by atoms with van der Waals surface area (Å²) in [6.07, 6.45) is 2.53. The molecule has 2 aliphatic heterocycles. The molecule has 1 N–H and O–H groups in total. The third-order valence-electron chi connectivity index (χ3n) is 6.82. The molecule has 4 aromatic rings. The number of amides is 1. The minimum absolute atomic E-state index is 0.0717. The van der Waals surface area contributed by atoms with E-state index in [0.717, 1.165) is 35.6 Å². The van der Waals surface area contributed by atoms with Gasteiger partial charge in [-0.15, -0.1) is 0 Å². The smallest absolute Gasteiger partial charge is 0.231 e. The van der Waals surface area contributed by atoms with E-state index in [9.17, 15) is 9.18 Å². The quantitative estimate of drug-likeness (QED) is 0.416. The van der Waals surface area contributed by atoms with Crippen LogP contribution < -0.4 is 19.7 Å². The number of ether oxygens (including phenoxy) is 2. The number of halogens is 1. The molecule has 1 amide bonds. The summed E-state index contributed by atoms with van der Waals surface area (Å²) in [7, 11) is 0. The fourth-order valence-corrected chi connectivity index (χ4v) is 4.81. The van der Waals surface area contributed by atoms with Crippen LogP contribution >= 0.6 is 0 Å². The van der Waals surface area contributed by atoms with Gasteiger partial charge in [-0.05, 0) is 41.8 Å². The lowest BCUT2D eigenvalue weighted by molar-refractivity contribution is -0.128. The van der Waals surface area contributed by atoms with Gasteiger partial charge in [0.1, 0.15) is 5.82 Å². The molecule has 0 spiro atoms. The van der Waals surface area contributed by atoms with Gasteiger partial charge in [-0.1, -0.05) is 18.2 Å². The zero-order chi connectivity index (χ0) is 26.1. The summed E-state index contributed by atoms with van der Waals surface area (Å²) in [6, 6.07) is 12.3. The topological polar surface area (TPSA) is 97.6 Å². The molecule has 2 aromatic heterocycles. The van der Waals surface area contributed by atoms with Crippen molar-refractivity contribution in [3.05, 3.63) is 65.7 Å². The van der Waals surface area contributed by atoms with Crippen LogP contribution in [0.5, 0.6) is 11.5 Å². The third-order valence-corrected chi connectivity index (χ3v) is 6.82. The minimum atomic E-state index is -0.284. The number of hydrogen-bond donors (Lipinski definition) is 1. The van der Waals surface area contributed by atoms with Crippen molar-refractivity contribution in [2.45, 2.75) is 26.4 Å². The maximum atomic E-state index is 13.8. The van der Waals surface area contributed by atoms with E-state index in [-0.39, 0.29) is 18.5 Å². The van der Waals surface area contributed by atoms with Crippen LogP contribution in [0.15, 0.2) is 48.8 Å². The number of imidazole rings is 1. The molecule has 10 nitrogen and oxygen atoms in total. The monoisotopic (exact) mass is 517 g/mol. The first-order valence-electron chi connectivity index (χ1n) is 12.6. The van der Waals surface area contributed by atoms with Gasteiger partial charge in [-0.3, -0.25) is 4.79 Å². The summed E-state index contributed by atoms with van der Waals surface area (Å²) in [4.78, 5) is 30.3. The van der Waals surface area contributed by atoms with Crippen LogP contribution in [0.3, 0.4) is 0 Å². The Kier molecular flexibility index (Phi) is 6.40. The van der Waals surface area contributed by atoms with E-state index >= 15 is 0 Å². The Morgan fingerprint density at radius 2 is 1.92 bits per heavy atom. The predicted molar refractivity (Wildman–Crippen MR) is 140 cm³/mol. The molecule has 0 aliphatic carbocycles. The van der Waals surface area contributed by atoms with E-state index in [1.807, 2.05) is 33.7 Å². The fourth-order valence-electron chi connectivity index (χ4n) is 4.81. The maximum absolute atomic E-state index is 13.8. The van der Waals surface area contributed by atoms with Gasteiger partial charge in [-0.25, -0.2) is 9.37 Å². The van der Waals surface area contributed by atoms with E-state index in [4.69, 9.17) is 19.4 Å². The van der Waals surface area contributed by atoms with Crippen LogP contribution in [0, 0.1) is 5.82 Å². The maximum Gasteiger partial charge on any atom is 0.231 e. The lowest BCUT2D eigenvalue weighted by Crippen LogP contribution is -2.34. The largest absolute Gasteiger partial charge is 0.454 e. The van der Waals surface area contributed by atoms with Gasteiger partial charge < -0.3 is 29.2 Å². The zero-order valence-electron chi connectivity index (χ0n) is 21.1. The molecule has 6 rings (SSSR count). The summed E-state index contributed by atoms with van der Waals surface area (Å²) in [5.74, 6) is 2.41. The number of nitrogens with one attached hydrogen (secondary N) is 1. The Hall–Kier alpha value is -4.41. The Bertz CT molecular complexity index is 1490. The van der Waals surface area contributed by atoms with Crippen LogP contribution in [0.2, 0.25) is 0 Å². The lowest BCUT2D eigenvalue weighted by atomic mass is 10.2. The van der Waals surface area contributed by atoms with Gasteiger partial charge in [0.25, 0.3) is 0 Å². The first-order chi connectivity index (χ1) is 18.5. The average Bonchev–Trinajstić information content (AvgIpc) is 3.46. The number of carbonyl (C=O) groups is 1. The van der Waals surface area contributed by atoms with E-state index < -0.39 is 0 Å². The molecule has 0 unspecified atom stereocenters. The molecule has 38 heavy (non-hydrogen) atoms. The molecular formula is C27H28FN7O3. The van der Waals surface area contributed by atoms with Crippen molar-refractivity contribution in [3.8, 4) is 11.5 Å². The number of rotatable bonds is 6. The van der Waals surface area contributed by atoms with E-state index in [0.29, 0.717) is 55.7 Å². The van der Waals surface area contributed by atoms with Crippen molar-refractivity contribution < 1.29 is 18.7 Å². The number of nitrogens with zero attached hydrogens (tertiary/aromatic N) is 6. The van der Waals surface area contributed by atoms with E-state index in [1.165, 1.54) is 12.1 Å². The van der Waals surface area contributed by atoms with Crippen molar-refractivity contribution in [2.24, 2.45) is 0 Å². The second-order valence-corrected chi connectivity index (χ2v) is 9.43. The molecule has 2 aromatic carbocycles. The summed E-state index contributed by atoms with van der Waals surface area (Å²) < 4.78 is 26.7. The fraction of sp³-hybridized carbons (Fsp3) is 0.333. The molecular weight excluding hydrogens is 489 g/mol. The second-order valence-electron chi connectivity index (χ2n) is 9.43. The average molecular weight is 518 g/mol. The molecule has 4 heterocycles. The van der Waals surface area contributed by atoms with Gasteiger partial charge in [0, 0.05) is 39.6 Å². The Morgan fingerprint density at radius 1 is 1.03 bits per heavy atom. The summed E-state index contributed by atoms with van der Waals surface area (Å²) in [5.41, 5.74) is 3.10. The highest BCUT2D eigenvalue weighted by Crippen LogP contribution is 2.33. The molecule has 2 aliphatic rings. The van der Waals surface area contributed by atoms with Crippen LogP contribution in [0.1, 0.15) is 24.5 Å². The van der Waals surface area contributed by atoms with Crippen molar-refractivity contribution in [1.82, 2.24) is 24.4 Å². The number of fused-ring (bicyclic) bond motifs is 2. The number of carbonyl (C=O) groups excluding carboxylic acids is 1. The minimum Gasteiger partial charge on any atom is -0.454 e. The van der Waals surface area contributed by atoms with Gasteiger partial charge in [0.05, 0.1) is 12.9 Å². The summed E-state index contributed by atoms with van der Waals surface area (Å²) in [6.45, 7) is 5.42. The van der Waals surface area contributed by atoms with Crippen LogP contribution in [0.25, 0.3) is 11.2 Å². The van der Waals surface area contributed by atoms with Crippen LogP contribution in [-0.2, 0) is 17.9 Å². The molecule has 0 atom stereocenters. The number of anilines is 2. The van der Waals surface area contributed by atoms with Gasteiger partial charge >= 0.3 is 0 Å². The van der Waals surface area contributed by atoms with Crippen molar-refractivity contribution in [2.75, 3.05) is 43.2 Å². The normalized spacial score (nSPS) is 15.1. The SMILES string of the molecule is CC(=O)N1CCCN(c2nc(NCc3ccc4c(c3)OCO4)c3ncn(Cc4cccc(F)c4)c3n2)CC1. The summed E-state index contributed by atoms with van der Waals surface area (Å²) in [5, 5.41) is 3.43. The highest BCUT2D eigenvalue weighted by molar-refractivity contribution is 5.84. The molecule has 0 bridgehead atoms. The second kappa shape index (κ2) is 10.2. The molecule has 196 valence electrons. The van der Waals surface area contributed by atoms with Crippen molar-refractivity contribution in [3.63, 3.8) is 0 Å². The first-order valence-corrected chi connectivity index (χ1v) is 12.6. The standard InChI is InChI=1S/C27H28FN7O3/c1-18(36)33-8-3-9-34(11-10-33)27-31-25(29-14-19-6-7-22-23(13-19)38-17-37-22)24-26(32-27)35(16-30-24)15-20-4-2-5-21(28)12-20/h2,4-7,12-13,16H,3,8-11,14-15,17H2,1H3,(H,29,31,32). The molecule has 1 saturated heterocycles. The van der Waals surface area contributed by atoms with Crippen LogP contribution in [-0.4, -0.2) is 63.3 Å². The predicted octanol–water partition coefficient (Wildman–Crippen LogP) is 3.41. The summed E-state index contributed by atoms with van der Waals surface area (Å²) >= 11 is 0. The first kappa shape index (κ1) is 24.0. The Balaban J connectivity index is 1.33. The molecule has 0 radical (unpaired) electrons. The van der Waals surface area contributed by atoms with Crippen LogP contribution in [0.4, 0.5) is 16.2 Å². The van der Waals surface area contributed by atoms with Crippen molar-refractivity contribution >= 4 is 28.8 Å².